The molecule has 0 spiro atoms. The number of hydrogen-bond donors (Lipinski definition) is 1. The van der Waals surface area contributed by atoms with Crippen molar-refractivity contribution in [2.75, 3.05) is 0 Å². The molecule has 0 heterocycles. The highest BCUT2D eigenvalue weighted by atomic mass is 28.4. The molecule has 0 aliphatic rings. The first kappa shape index (κ1) is 17.9. The summed E-state index contributed by atoms with van der Waals surface area (Å²) in [5, 5.41) is 10.4. The summed E-state index contributed by atoms with van der Waals surface area (Å²) in [6.45, 7) is 19.0. The summed E-state index contributed by atoms with van der Waals surface area (Å²) in [7, 11) is -1.81. The van der Waals surface area contributed by atoms with Gasteiger partial charge in [-0.1, -0.05) is 39.8 Å². The molecular formula is C15H32O2Si. The van der Waals surface area contributed by atoms with Crippen LogP contribution in [0.2, 0.25) is 18.1 Å². The van der Waals surface area contributed by atoms with Gasteiger partial charge in [-0.3, -0.25) is 0 Å². The van der Waals surface area contributed by atoms with Gasteiger partial charge in [0.05, 0.1) is 11.7 Å². The van der Waals surface area contributed by atoms with Crippen LogP contribution in [0.3, 0.4) is 0 Å². The summed E-state index contributed by atoms with van der Waals surface area (Å²) in [5.41, 5.74) is -0.730. The molecule has 3 heteroatoms. The first-order chi connectivity index (χ1) is 7.83. The summed E-state index contributed by atoms with van der Waals surface area (Å²) in [5.74, 6) is 0.0721. The maximum Gasteiger partial charge on any atom is 0.192 e. The number of rotatable bonds is 5. The van der Waals surface area contributed by atoms with E-state index >= 15 is 0 Å². The first-order valence-electron chi connectivity index (χ1n) is 6.86. The van der Waals surface area contributed by atoms with Crippen molar-refractivity contribution in [3.05, 3.63) is 12.2 Å². The van der Waals surface area contributed by atoms with Gasteiger partial charge in [-0.25, -0.2) is 0 Å². The molecule has 0 bridgehead atoms. The van der Waals surface area contributed by atoms with Gasteiger partial charge in [0.15, 0.2) is 8.32 Å². The topological polar surface area (TPSA) is 29.5 Å². The second-order valence-electron chi connectivity index (χ2n) is 7.31. The third-order valence-electron chi connectivity index (χ3n) is 4.23. The van der Waals surface area contributed by atoms with Gasteiger partial charge in [-0.2, -0.15) is 0 Å². The van der Waals surface area contributed by atoms with Crippen LogP contribution < -0.4 is 0 Å². The van der Waals surface area contributed by atoms with E-state index in [1.807, 2.05) is 26.8 Å². The van der Waals surface area contributed by atoms with E-state index in [-0.39, 0.29) is 17.1 Å². The van der Waals surface area contributed by atoms with Gasteiger partial charge in [-0.05, 0) is 38.9 Å². The van der Waals surface area contributed by atoms with Crippen LogP contribution in [0.1, 0.15) is 48.5 Å². The average Bonchev–Trinajstić information content (AvgIpc) is 2.12. The molecule has 0 radical (unpaired) electrons. The van der Waals surface area contributed by atoms with E-state index in [9.17, 15) is 5.11 Å². The van der Waals surface area contributed by atoms with E-state index in [0.29, 0.717) is 0 Å². The van der Waals surface area contributed by atoms with Crippen molar-refractivity contribution in [3.63, 3.8) is 0 Å². The molecule has 0 aliphatic carbocycles. The van der Waals surface area contributed by atoms with Crippen LogP contribution in [-0.2, 0) is 4.43 Å². The molecule has 0 fully saturated rings. The van der Waals surface area contributed by atoms with Gasteiger partial charge in [-0.15, -0.1) is 0 Å². The van der Waals surface area contributed by atoms with Crippen LogP contribution >= 0.6 is 0 Å². The minimum atomic E-state index is -1.81. The monoisotopic (exact) mass is 272 g/mol. The Balaban J connectivity index is 5.07. The summed E-state index contributed by atoms with van der Waals surface area (Å²) >= 11 is 0. The maximum atomic E-state index is 10.2. The van der Waals surface area contributed by atoms with Crippen LogP contribution in [0.25, 0.3) is 0 Å². The van der Waals surface area contributed by atoms with Crippen LogP contribution in [0.15, 0.2) is 12.2 Å². The Hall–Kier alpha value is -0.123. The highest BCUT2D eigenvalue weighted by Crippen LogP contribution is 2.39. The zero-order valence-electron chi connectivity index (χ0n) is 13.7. The van der Waals surface area contributed by atoms with Crippen LogP contribution in [0.5, 0.6) is 0 Å². The second-order valence-corrected chi connectivity index (χ2v) is 12.1. The molecule has 0 saturated heterocycles. The molecule has 2 nitrogen and oxygen atoms in total. The van der Waals surface area contributed by atoms with E-state index < -0.39 is 13.9 Å². The predicted octanol–water partition coefficient (Wildman–Crippen LogP) is 4.36. The summed E-state index contributed by atoms with van der Waals surface area (Å²) in [4.78, 5) is 0. The molecule has 0 rings (SSSR count). The zero-order valence-corrected chi connectivity index (χ0v) is 14.7. The summed E-state index contributed by atoms with van der Waals surface area (Å²) in [6.07, 6.45) is 4.07. The van der Waals surface area contributed by atoms with Gasteiger partial charge in [0, 0.05) is 5.92 Å². The standard InChI is InChI=1S/C15H32O2Si/c1-10-11-13(12(2)15(6,7)16)17-18(8,9)14(3,4)5/h10-13,16H,1-9H3/b11-10+/t12-,13-/m0/s1. The van der Waals surface area contributed by atoms with Crippen molar-refractivity contribution in [1.82, 2.24) is 0 Å². The fourth-order valence-electron chi connectivity index (χ4n) is 1.42. The predicted molar refractivity (Wildman–Crippen MR) is 82.3 cm³/mol. The highest BCUT2D eigenvalue weighted by Gasteiger charge is 2.41. The average molecular weight is 273 g/mol. The van der Waals surface area contributed by atoms with Gasteiger partial charge >= 0.3 is 0 Å². The lowest BCUT2D eigenvalue weighted by Crippen LogP contribution is -2.48. The Morgan fingerprint density at radius 2 is 1.56 bits per heavy atom. The van der Waals surface area contributed by atoms with Crippen molar-refractivity contribution in [3.8, 4) is 0 Å². The Labute approximate surface area is 115 Å². The van der Waals surface area contributed by atoms with Crippen molar-refractivity contribution >= 4 is 8.32 Å². The fraction of sp³-hybridized carbons (Fsp3) is 0.867. The molecule has 0 aromatic carbocycles. The zero-order chi connectivity index (χ0) is 14.8. The largest absolute Gasteiger partial charge is 0.410 e. The third-order valence-corrected chi connectivity index (χ3v) is 8.70. The Bertz CT molecular complexity index is 282. The first-order valence-corrected chi connectivity index (χ1v) is 9.77. The molecule has 0 aromatic rings. The van der Waals surface area contributed by atoms with Crippen molar-refractivity contribution < 1.29 is 9.53 Å². The Kier molecular flexibility index (Phi) is 5.85. The lowest BCUT2D eigenvalue weighted by atomic mass is 9.88. The van der Waals surface area contributed by atoms with Crippen molar-refractivity contribution in [1.29, 1.82) is 0 Å². The van der Waals surface area contributed by atoms with Gasteiger partial charge < -0.3 is 9.53 Å². The lowest BCUT2D eigenvalue weighted by Gasteiger charge is -2.42. The highest BCUT2D eigenvalue weighted by molar-refractivity contribution is 6.74. The van der Waals surface area contributed by atoms with Crippen LogP contribution in [0.4, 0.5) is 0 Å². The van der Waals surface area contributed by atoms with E-state index in [1.165, 1.54) is 0 Å². The number of aliphatic hydroxyl groups is 1. The molecule has 108 valence electrons. The maximum absolute atomic E-state index is 10.2. The number of hydrogen-bond acceptors (Lipinski definition) is 2. The summed E-state index contributed by atoms with van der Waals surface area (Å²) in [6, 6.07) is 0. The van der Waals surface area contributed by atoms with Gasteiger partial charge in [0.1, 0.15) is 0 Å². The van der Waals surface area contributed by atoms with E-state index in [4.69, 9.17) is 4.43 Å². The lowest BCUT2D eigenvalue weighted by molar-refractivity contribution is -0.0182. The summed E-state index contributed by atoms with van der Waals surface area (Å²) < 4.78 is 6.42. The molecule has 0 aliphatic heterocycles. The minimum Gasteiger partial charge on any atom is -0.410 e. The van der Waals surface area contributed by atoms with Crippen LogP contribution in [0, 0.1) is 5.92 Å². The van der Waals surface area contributed by atoms with E-state index in [0.717, 1.165) is 0 Å². The van der Waals surface area contributed by atoms with Crippen molar-refractivity contribution in [2.24, 2.45) is 5.92 Å². The van der Waals surface area contributed by atoms with Crippen LogP contribution in [-0.4, -0.2) is 25.1 Å². The quantitative estimate of drug-likeness (QED) is 0.595. The number of allylic oxidation sites excluding steroid dienone is 1. The fourth-order valence-corrected chi connectivity index (χ4v) is 2.73. The van der Waals surface area contributed by atoms with Crippen molar-refractivity contribution in [2.45, 2.75) is 78.3 Å². The van der Waals surface area contributed by atoms with E-state index in [2.05, 4.69) is 46.9 Å². The Morgan fingerprint density at radius 1 is 1.11 bits per heavy atom. The molecule has 2 atom stereocenters. The van der Waals surface area contributed by atoms with Gasteiger partial charge in [0.2, 0.25) is 0 Å². The molecule has 18 heavy (non-hydrogen) atoms. The smallest absolute Gasteiger partial charge is 0.192 e. The molecule has 0 amide bonds. The Morgan fingerprint density at radius 3 is 1.83 bits per heavy atom. The molecule has 0 aromatic heterocycles. The second kappa shape index (κ2) is 5.89. The molecule has 0 saturated carbocycles. The normalized spacial score (nSPS) is 18.1. The minimum absolute atomic E-state index is 0.0177. The third kappa shape index (κ3) is 4.86. The van der Waals surface area contributed by atoms with E-state index in [1.54, 1.807) is 0 Å². The molecule has 1 N–H and O–H groups in total. The molecular weight excluding hydrogens is 240 g/mol. The SMILES string of the molecule is C/C=C/[C@H](O[Si](C)(C)C(C)(C)C)[C@H](C)C(C)(C)O. The van der Waals surface area contributed by atoms with Gasteiger partial charge in [0.25, 0.3) is 0 Å². The molecule has 0 unspecified atom stereocenters.